The van der Waals surface area contributed by atoms with Crippen molar-refractivity contribution in [2.24, 2.45) is 0 Å². The smallest absolute Gasteiger partial charge is 0.250 e. The fourth-order valence-corrected chi connectivity index (χ4v) is 5.55. The number of aryl methyl sites for hydroxylation is 2. The van der Waals surface area contributed by atoms with E-state index in [0.717, 1.165) is 20.3 Å². The molecule has 0 radical (unpaired) electrons. The van der Waals surface area contributed by atoms with E-state index in [-0.39, 0.29) is 6.04 Å². The molecule has 0 saturated carbocycles. The van der Waals surface area contributed by atoms with E-state index in [1.807, 2.05) is 27.8 Å². The Balaban J connectivity index is 2.20. The van der Waals surface area contributed by atoms with Crippen LogP contribution in [0.15, 0.2) is 16.5 Å². The van der Waals surface area contributed by atoms with Crippen LogP contribution in [0, 0.1) is 13.8 Å². The van der Waals surface area contributed by atoms with Crippen molar-refractivity contribution in [1.82, 2.24) is 15.0 Å². The van der Waals surface area contributed by atoms with E-state index in [1.165, 1.54) is 22.7 Å². The lowest BCUT2D eigenvalue weighted by molar-refractivity contribution is 0.568. The summed E-state index contributed by atoms with van der Waals surface area (Å²) in [5.74, 6) is 0. The van der Waals surface area contributed by atoms with E-state index in [9.17, 15) is 8.42 Å². The monoisotopic (exact) mass is 345 g/mol. The summed E-state index contributed by atoms with van der Waals surface area (Å²) in [7, 11) is -1.67. The second kappa shape index (κ2) is 6.53. The van der Waals surface area contributed by atoms with Crippen LogP contribution < -0.4 is 10.0 Å². The molecular formula is C13H19N3O2S3. The number of nitrogens with zero attached hydrogens (tertiary/aromatic N) is 1. The molecule has 2 aromatic heterocycles. The van der Waals surface area contributed by atoms with E-state index in [1.54, 1.807) is 12.3 Å². The summed E-state index contributed by atoms with van der Waals surface area (Å²) in [5, 5.41) is 3.82. The molecule has 5 nitrogen and oxygen atoms in total. The summed E-state index contributed by atoms with van der Waals surface area (Å²) in [6.07, 6.45) is 1.76. The minimum absolute atomic E-state index is 0.330. The minimum atomic E-state index is -3.51. The van der Waals surface area contributed by atoms with Crippen molar-refractivity contribution in [1.29, 1.82) is 0 Å². The number of aromatic nitrogens is 1. The summed E-state index contributed by atoms with van der Waals surface area (Å²) in [5.41, 5.74) is 0.993. The Bertz CT molecular complexity index is 719. The third-order valence-corrected chi connectivity index (χ3v) is 7.29. The van der Waals surface area contributed by atoms with Crippen LogP contribution in [0.1, 0.15) is 33.3 Å². The van der Waals surface area contributed by atoms with Gasteiger partial charge in [0.2, 0.25) is 0 Å². The second-order valence-electron chi connectivity index (χ2n) is 4.85. The lowest BCUT2D eigenvalue weighted by atomic mass is 10.3. The molecule has 8 heteroatoms. The van der Waals surface area contributed by atoms with Gasteiger partial charge in [-0.2, -0.15) is 0 Å². The maximum absolute atomic E-state index is 12.4. The van der Waals surface area contributed by atoms with Crippen LogP contribution in [0.25, 0.3) is 0 Å². The molecule has 2 rings (SSSR count). The quantitative estimate of drug-likeness (QED) is 0.844. The zero-order chi connectivity index (χ0) is 15.6. The minimum Gasteiger partial charge on any atom is -0.315 e. The highest BCUT2D eigenvalue weighted by Crippen LogP contribution is 2.28. The van der Waals surface area contributed by atoms with Gasteiger partial charge in [0.1, 0.15) is 9.22 Å². The standard InChI is InChI=1S/C13H19N3O2S3/c1-8-5-12(20-11(8)7-14-4)21(17,18)16-10(3)13-15-6-9(2)19-13/h5-6,10,14,16H,7H2,1-4H3. The molecule has 2 heterocycles. The molecule has 0 bridgehead atoms. The fraction of sp³-hybridized carbons (Fsp3) is 0.462. The van der Waals surface area contributed by atoms with E-state index >= 15 is 0 Å². The van der Waals surface area contributed by atoms with Crippen molar-refractivity contribution in [2.45, 2.75) is 37.6 Å². The summed E-state index contributed by atoms with van der Waals surface area (Å²) in [4.78, 5) is 6.34. The van der Waals surface area contributed by atoms with Crippen molar-refractivity contribution >= 4 is 32.7 Å². The molecular weight excluding hydrogens is 326 g/mol. The maximum atomic E-state index is 12.4. The topological polar surface area (TPSA) is 71.1 Å². The molecule has 0 aliphatic rings. The predicted octanol–water partition coefficient (Wildman–Crippen LogP) is 2.58. The number of hydrogen-bond donors (Lipinski definition) is 2. The molecule has 0 amide bonds. The van der Waals surface area contributed by atoms with Crippen molar-refractivity contribution in [2.75, 3.05) is 7.05 Å². The van der Waals surface area contributed by atoms with E-state index in [4.69, 9.17) is 0 Å². The molecule has 0 spiro atoms. The Kier molecular flexibility index (Phi) is 5.15. The van der Waals surface area contributed by atoms with Gasteiger partial charge in [0, 0.05) is 22.5 Å². The van der Waals surface area contributed by atoms with E-state index in [2.05, 4.69) is 15.0 Å². The number of thiazole rings is 1. The Morgan fingerprint density at radius 2 is 2.05 bits per heavy atom. The second-order valence-corrected chi connectivity index (χ2v) is 9.20. The van der Waals surface area contributed by atoms with Gasteiger partial charge in [0.15, 0.2) is 0 Å². The van der Waals surface area contributed by atoms with Crippen molar-refractivity contribution in [3.63, 3.8) is 0 Å². The first-order valence-corrected chi connectivity index (χ1v) is 9.63. The number of rotatable bonds is 6. The normalized spacial score (nSPS) is 13.5. The highest BCUT2D eigenvalue weighted by atomic mass is 32.2. The molecule has 21 heavy (non-hydrogen) atoms. The Labute approximate surface area is 133 Å². The lowest BCUT2D eigenvalue weighted by Crippen LogP contribution is -2.26. The molecule has 2 N–H and O–H groups in total. The molecule has 1 atom stereocenters. The van der Waals surface area contributed by atoms with Gasteiger partial charge >= 0.3 is 0 Å². The predicted molar refractivity (Wildman–Crippen MR) is 87.4 cm³/mol. The highest BCUT2D eigenvalue weighted by molar-refractivity contribution is 7.91. The Morgan fingerprint density at radius 3 is 2.62 bits per heavy atom. The number of hydrogen-bond acceptors (Lipinski definition) is 6. The van der Waals surface area contributed by atoms with Crippen LogP contribution in [-0.4, -0.2) is 20.4 Å². The van der Waals surface area contributed by atoms with Gasteiger partial charge in [0.25, 0.3) is 10.0 Å². The number of thiophene rings is 1. The van der Waals surface area contributed by atoms with Crippen LogP contribution in [0.4, 0.5) is 0 Å². The zero-order valence-electron chi connectivity index (χ0n) is 12.4. The number of nitrogens with one attached hydrogen (secondary N) is 2. The zero-order valence-corrected chi connectivity index (χ0v) is 14.9. The first kappa shape index (κ1) is 16.6. The molecule has 0 aliphatic heterocycles. The van der Waals surface area contributed by atoms with Crippen LogP contribution >= 0.6 is 22.7 Å². The average molecular weight is 346 g/mol. The van der Waals surface area contributed by atoms with E-state index in [0.29, 0.717) is 10.8 Å². The number of sulfonamides is 1. The summed E-state index contributed by atoms with van der Waals surface area (Å²) in [6.45, 7) is 6.36. The third-order valence-electron chi connectivity index (χ3n) is 2.94. The van der Waals surface area contributed by atoms with Crippen LogP contribution in [0.3, 0.4) is 0 Å². The van der Waals surface area contributed by atoms with Gasteiger partial charge in [-0.05, 0) is 39.4 Å². The fourth-order valence-electron chi connectivity index (χ4n) is 1.87. The van der Waals surface area contributed by atoms with E-state index < -0.39 is 10.0 Å². The van der Waals surface area contributed by atoms with Gasteiger partial charge in [-0.1, -0.05) is 0 Å². The van der Waals surface area contributed by atoms with Gasteiger partial charge < -0.3 is 5.32 Å². The molecule has 0 aliphatic carbocycles. The van der Waals surface area contributed by atoms with Gasteiger partial charge in [-0.25, -0.2) is 18.1 Å². The van der Waals surface area contributed by atoms with Crippen LogP contribution in [0.5, 0.6) is 0 Å². The molecule has 1 unspecified atom stereocenters. The first-order valence-electron chi connectivity index (χ1n) is 6.52. The molecule has 0 saturated heterocycles. The van der Waals surface area contributed by atoms with Crippen molar-refractivity contribution < 1.29 is 8.42 Å². The van der Waals surface area contributed by atoms with Crippen LogP contribution in [-0.2, 0) is 16.6 Å². The Hall–Kier alpha value is -0.800. The summed E-state index contributed by atoms with van der Waals surface area (Å²) >= 11 is 2.81. The largest absolute Gasteiger partial charge is 0.315 e. The van der Waals surface area contributed by atoms with Crippen molar-refractivity contribution in [3.05, 3.63) is 32.6 Å². The molecule has 0 aromatic carbocycles. The van der Waals surface area contributed by atoms with Crippen LogP contribution in [0.2, 0.25) is 0 Å². The Morgan fingerprint density at radius 1 is 1.33 bits per heavy atom. The summed E-state index contributed by atoms with van der Waals surface area (Å²) in [6, 6.07) is 1.39. The van der Waals surface area contributed by atoms with Gasteiger partial charge in [-0.3, -0.25) is 0 Å². The van der Waals surface area contributed by atoms with Gasteiger partial charge in [-0.15, -0.1) is 22.7 Å². The molecule has 116 valence electrons. The SMILES string of the molecule is CNCc1sc(S(=O)(=O)NC(C)c2ncc(C)s2)cc1C. The average Bonchev–Trinajstić information content (AvgIpc) is 2.97. The first-order chi connectivity index (χ1) is 9.83. The third kappa shape index (κ3) is 3.89. The van der Waals surface area contributed by atoms with Gasteiger partial charge in [0.05, 0.1) is 6.04 Å². The summed E-state index contributed by atoms with van der Waals surface area (Å²) < 4.78 is 27.9. The maximum Gasteiger partial charge on any atom is 0.250 e. The van der Waals surface area contributed by atoms with Crippen molar-refractivity contribution in [3.8, 4) is 0 Å². The molecule has 0 fully saturated rings. The molecule has 2 aromatic rings. The lowest BCUT2D eigenvalue weighted by Gasteiger charge is -2.10. The highest BCUT2D eigenvalue weighted by Gasteiger charge is 2.23.